The smallest absolute Gasteiger partial charge is 0.244 e. The van der Waals surface area contributed by atoms with E-state index in [0.717, 1.165) is 38.9 Å². The molecule has 1 saturated heterocycles. The zero-order valence-electron chi connectivity index (χ0n) is 16.0. The number of halogens is 3. The summed E-state index contributed by atoms with van der Waals surface area (Å²) in [5.74, 6) is 0.491. The Balaban J connectivity index is 1.38. The quantitative estimate of drug-likeness (QED) is 0.580. The number of fused-ring (bicyclic) bond motifs is 1. The highest BCUT2D eigenvalue weighted by Gasteiger charge is 2.32. The van der Waals surface area contributed by atoms with E-state index >= 15 is 0 Å². The molecule has 0 saturated carbocycles. The normalized spacial score (nSPS) is 19.3. The van der Waals surface area contributed by atoms with Crippen LogP contribution in [0.5, 0.6) is 0 Å². The third-order valence-electron chi connectivity index (χ3n) is 5.88. The molecule has 0 aliphatic carbocycles. The lowest BCUT2D eigenvalue weighted by Gasteiger charge is -2.36. The summed E-state index contributed by atoms with van der Waals surface area (Å²) in [6.45, 7) is 4.01. The third kappa shape index (κ3) is 4.60. The van der Waals surface area contributed by atoms with Crippen LogP contribution in [0.1, 0.15) is 24.0 Å². The van der Waals surface area contributed by atoms with Crippen molar-refractivity contribution in [3.05, 3.63) is 62.6 Å². The summed E-state index contributed by atoms with van der Waals surface area (Å²) < 4.78 is 27.6. The van der Waals surface area contributed by atoms with E-state index in [-0.39, 0.29) is 20.0 Å². The van der Waals surface area contributed by atoms with Crippen LogP contribution in [0.15, 0.2) is 41.3 Å². The van der Waals surface area contributed by atoms with E-state index in [2.05, 4.69) is 29.2 Å². The van der Waals surface area contributed by atoms with Crippen LogP contribution in [0.4, 0.5) is 0 Å². The fraction of sp³-hybridized carbons (Fsp3) is 0.429. The molecule has 29 heavy (non-hydrogen) atoms. The number of rotatable bonds is 4. The summed E-state index contributed by atoms with van der Waals surface area (Å²) in [6.07, 6.45) is 2.75. The van der Waals surface area contributed by atoms with Gasteiger partial charge in [-0.05, 0) is 48.4 Å². The summed E-state index contributed by atoms with van der Waals surface area (Å²) in [4.78, 5) is 2.48. The summed E-state index contributed by atoms with van der Waals surface area (Å²) in [5, 5.41) is 0.446. The van der Waals surface area contributed by atoms with Crippen LogP contribution in [0.2, 0.25) is 15.1 Å². The summed E-state index contributed by atoms with van der Waals surface area (Å²) in [6, 6.07) is 11.4. The predicted molar refractivity (Wildman–Crippen MR) is 118 cm³/mol. The molecule has 0 amide bonds. The Morgan fingerprint density at radius 1 is 0.966 bits per heavy atom. The molecule has 0 N–H and O–H groups in total. The largest absolute Gasteiger partial charge is 0.298 e. The van der Waals surface area contributed by atoms with Crippen LogP contribution >= 0.6 is 34.8 Å². The SMILES string of the molecule is O=S(=O)(c1cc(Cl)cc(Cl)c1Cl)N1CCC(CN2CCc3ccccc3C2)CC1. The highest BCUT2D eigenvalue weighted by molar-refractivity contribution is 7.89. The van der Waals surface area contributed by atoms with Crippen molar-refractivity contribution >= 4 is 44.8 Å². The van der Waals surface area contributed by atoms with E-state index in [1.54, 1.807) is 0 Å². The Morgan fingerprint density at radius 3 is 2.38 bits per heavy atom. The first-order valence-corrected chi connectivity index (χ1v) is 12.4. The molecule has 0 spiro atoms. The van der Waals surface area contributed by atoms with Gasteiger partial charge in [0.25, 0.3) is 0 Å². The maximum Gasteiger partial charge on any atom is 0.244 e. The van der Waals surface area contributed by atoms with E-state index in [1.807, 2.05) is 0 Å². The van der Waals surface area contributed by atoms with Gasteiger partial charge < -0.3 is 0 Å². The number of hydrogen-bond acceptors (Lipinski definition) is 3. The van der Waals surface area contributed by atoms with Gasteiger partial charge in [0.05, 0.1) is 10.0 Å². The lowest BCUT2D eigenvalue weighted by Crippen LogP contribution is -2.42. The van der Waals surface area contributed by atoms with Gasteiger partial charge in [-0.3, -0.25) is 4.90 Å². The Bertz CT molecular complexity index is 1000. The summed E-state index contributed by atoms with van der Waals surface area (Å²) in [5.41, 5.74) is 2.85. The van der Waals surface area contributed by atoms with Gasteiger partial charge in [0.1, 0.15) is 4.90 Å². The number of hydrogen-bond donors (Lipinski definition) is 0. The van der Waals surface area contributed by atoms with E-state index in [4.69, 9.17) is 34.8 Å². The van der Waals surface area contributed by atoms with Crippen molar-refractivity contribution in [3.8, 4) is 0 Å². The average Bonchev–Trinajstić information content (AvgIpc) is 2.71. The van der Waals surface area contributed by atoms with Crippen LogP contribution in [-0.2, 0) is 23.0 Å². The van der Waals surface area contributed by atoms with Crippen LogP contribution in [-0.4, -0.2) is 43.8 Å². The lowest BCUT2D eigenvalue weighted by atomic mass is 9.94. The topological polar surface area (TPSA) is 40.6 Å². The summed E-state index contributed by atoms with van der Waals surface area (Å²) in [7, 11) is -3.72. The molecule has 2 aliphatic rings. The molecule has 2 aliphatic heterocycles. The van der Waals surface area contributed by atoms with Crippen molar-refractivity contribution in [2.24, 2.45) is 5.92 Å². The first-order chi connectivity index (χ1) is 13.8. The number of piperidine rings is 1. The maximum absolute atomic E-state index is 13.1. The van der Waals surface area contributed by atoms with Gasteiger partial charge >= 0.3 is 0 Å². The highest BCUT2D eigenvalue weighted by Crippen LogP contribution is 2.35. The number of nitrogens with zero attached hydrogens (tertiary/aromatic N) is 2. The minimum atomic E-state index is -3.72. The number of benzene rings is 2. The monoisotopic (exact) mass is 472 g/mol. The molecule has 156 valence electrons. The standard InChI is InChI=1S/C21H23Cl3N2O2S/c22-18-11-19(23)21(24)20(12-18)29(27,28)26-9-5-15(6-10-26)13-25-8-7-16-3-1-2-4-17(16)14-25/h1-4,11-12,15H,5-10,13-14H2. The fourth-order valence-electron chi connectivity index (χ4n) is 4.27. The third-order valence-corrected chi connectivity index (χ3v) is 8.93. The van der Waals surface area contributed by atoms with E-state index in [0.29, 0.717) is 19.0 Å². The van der Waals surface area contributed by atoms with Crippen molar-refractivity contribution in [2.45, 2.75) is 30.7 Å². The molecule has 2 aromatic carbocycles. The Hall–Kier alpha value is -0.820. The van der Waals surface area contributed by atoms with Gasteiger partial charge in [-0.25, -0.2) is 8.42 Å². The Morgan fingerprint density at radius 2 is 1.66 bits per heavy atom. The zero-order chi connectivity index (χ0) is 20.6. The minimum absolute atomic E-state index is 0.0113. The number of sulfonamides is 1. The molecular formula is C21H23Cl3N2O2S. The first kappa shape index (κ1) is 21.4. The molecule has 2 aromatic rings. The molecule has 0 aromatic heterocycles. The van der Waals surface area contributed by atoms with Crippen molar-refractivity contribution in [2.75, 3.05) is 26.2 Å². The van der Waals surface area contributed by atoms with Gasteiger partial charge in [-0.2, -0.15) is 4.31 Å². The van der Waals surface area contributed by atoms with Crippen molar-refractivity contribution in [3.63, 3.8) is 0 Å². The molecule has 1 fully saturated rings. The van der Waals surface area contributed by atoms with Crippen molar-refractivity contribution in [1.29, 1.82) is 0 Å². The highest BCUT2D eigenvalue weighted by atomic mass is 35.5. The van der Waals surface area contributed by atoms with Crippen LogP contribution in [0.3, 0.4) is 0 Å². The Labute approximate surface area is 187 Å². The van der Waals surface area contributed by atoms with Gasteiger partial charge in [0, 0.05) is 37.7 Å². The fourth-order valence-corrected chi connectivity index (χ4v) is 6.86. The van der Waals surface area contributed by atoms with Crippen LogP contribution < -0.4 is 0 Å². The molecule has 4 nitrogen and oxygen atoms in total. The lowest BCUT2D eigenvalue weighted by molar-refractivity contribution is 0.171. The minimum Gasteiger partial charge on any atom is -0.298 e. The van der Waals surface area contributed by atoms with E-state index in [9.17, 15) is 8.42 Å². The molecule has 0 radical (unpaired) electrons. The van der Waals surface area contributed by atoms with Gasteiger partial charge in [0.2, 0.25) is 10.0 Å². The van der Waals surface area contributed by atoms with E-state index in [1.165, 1.54) is 27.6 Å². The molecule has 0 unspecified atom stereocenters. The molecule has 0 atom stereocenters. The molecule has 0 bridgehead atoms. The first-order valence-electron chi connectivity index (χ1n) is 9.78. The van der Waals surface area contributed by atoms with Crippen LogP contribution in [0.25, 0.3) is 0 Å². The Kier molecular flexibility index (Phi) is 6.45. The van der Waals surface area contributed by atoms with Crippen molar-refractivity contribution in [1.82, 2.24) is 9.21 Å². The second kappa shape index (κ2) is 8.74. The average molecular weight is 474 g/mol. The zero-order valence-corrected chi connectivity index (χ0v) is 19.0. The molecule has 8 heteroatoms. The van der Waals surface area contributed by atoms with Crippen molar-refractivity contribution < 1.29 is 8.42 Å². The predicted octanol–water partition coefficient (Wildman–Crippen LogP) is 5.11. The summed E-state index contributed by atoms with van der Waals surface area (Å²) >= 11 is 18.2. The van der Waals surface area contributed by atoms with E-state index < -0.39 is 10.0 Å². The maximum atomic E-state index is 13.1. The van der Waals surface area contributed by atoms with Crippen LogP contribution in [0, 0.1) is 5.92 Å². The van der Waals surface area contributed by atoms with Gasteiger partial charge in [-0.1, -0.05) is 59.1 Å². The second-order valence-corrected chi connectivity index (χ2v) is 10.9. The second-order valence-electron chi connectivity index (χ2n) is 7.80. The molecule has 2 heterocycles. The van der Waals surface area contributed by atoms with Gasteiger partial charge in [-0.15, -0.1) is 0 Å². The molecule has 4 rings (SSSR count). The molecular weight excluding hydrogens is 451 g/mol. The van der Waals surface area contributed by atoms with Gasteiger partial charge in [0.15, 0.2) is 0 Å².